The van der Waals surface area contributed by atoms with Crippen LogP contribution in [0.3, 0.4) is 0 Å². The van der Waals surface area contributed by atoms with Crippen LogP contribution >= 0.6 is 0 Å². The van der Waals surface area contributed by atoms with Crippen LogP contribution in [0.1, 0.15) is 42.4 Å². The Hall–Kier alpha value is -0.860. The Labute approximate surface area is 124 Å². The predicted octanol–water partition coefficient (Wildman–Crippen LogP) is 3.31. The number of rotatable bonds is 5. The fourth-order valence-electron chi connectivity index (χ4n) is 4.08. The molecule has 1 saturated carbocycles. The first-order valence-corrected chi connectivity index (χ1v) is 7.90. The summed E-state index contributed by atoms with van der Waals surface area (Å²) in [5, 5.41) is 3.61. The molecule has 1 aromatic rings. The van der Waals surface area contributed by atoms with Gasteiger partial charge in [-0.05, 0) is 59.8 Å². The smallest absolute Gasteiger partial charge is 0.0359 e. The molecule has 1 fully saturated rings. The number of nitrogens with zero attached hydrogens (tertiary/aromatic N) is 1. The van der Waals surface area contributed by atoms with Crippen molar-refractivity contribution in [3.05, 3.63) is 34.9 Å². The van der Waals surface area contributed by atoms with Gasteiger partial charge in [-0.15, -0.1) is 0 Å². The van der Waals surface area contributed by atoms with E-state index in [0.29, 0.717) is 11.6 Å². The van der Waals surface area contributed by atoms with Gasteiger partial charge in [0.05, 0.1) is 0 Å². The lowest BCUT2D eigenvalue weighted by Gasteiger charge is -2.43. The van der Waals surface area contributed by atoms with Crippen LogP contribution < -0.4 is 5.32 Å². The van der Waals surface area contributed by atoms with Gasteiger partial charge < -0.3 is 10.2 Å². The van der Waals surface area contributed by atoms with Gasteiger partial charge in [0.25, 0.3) is 0 Å². The largest absolute Gasteiger partial charge is 0.315 e. The fourth-order valence-corrected chi connectivity index (χ4v) is 4.08. The maximum atomic E-state index is 3.61. The summed E-state index contributed by atoms with van der Waals surface area (Å²) in [4.78, 5) is 2.46. The van der Waals surface area contributed by atoms with E-state index in [2.05, 4.69) is 63.4 Å². The first-order valence-electron chi connectivity index (χ1n) is 7.90. The molecule has 0 aromatic heterocycles. The Bertz CT molecular complexity index is 424. The molecule has 1 N–H and O–H groups in total. The second-order valence-electron chi connectivity index (χ2n) is 6.75. The second-order valence-corrected chi connectivity index (χ2v) is 6.75. The summed E-state index contributed by atoms with van der Waals surface area (Å²) in [6, 6.07) is 7.47. The standard InChI is InChI=1S/C18H30N2/c1-14-10-15(2)12-16(11-14)13-17(19-3)18(20(4)5)8-6-7-9-18/h10-12,17,19H,6-9,13H2,1-5H3. The molecule has 0 bridgehead atoms. The Kier molecular flexibility index (Phi) is 4.87. The van der Waals surface area contributed by atoms with Crippen LogP contribution in [0.4, 0.5) is 0 Å². The zero-order valence-corrected chi connectivity index (χ0v) is 13.8. The van der Waals surface area contributed by atoms with Gasteiger partial charge in [-0.3, -0.25) is 0 Å². The third-order valence-electron chi connectivity index (χ3n) is 5.08. The normalized spacial score (nSPS) is 19.5. The lowest BCUT2D eigenvalue weighted by Crippen LogP contribution is -2.57. The molecule has 2 rings (SSSR count). The molecular formula is C18H30N2. The minimum absolute atomic E-state index is 0.326. The number of likely N-dealkylation sites (N-methyl/N-ethyl adjacent to an activating group) is 2. The van der Waals surface area contributed by atoms with Crippen molar-refractivity contribution >= 4 is 0 Å². The molecule has 1 aliphatic carbocycles. The summed E-state index contributed by atoms with van der Waals surface area (Å²) in [6.07, 6.45) is 6.48. The first-order chi connectivity index (χ1) is 9.48. The monoisotopic (exact) mass is 274 g/mol. The second kappa shape index (κ2) is 6.28. The Morgan fingerprint density at radius 1 is 1.10 bits per heavy atom. The van der Waals surface area contributed by atoms with Crippen LogP contribution in [-0.4, -0.2) is 37.6 Å². The van der Waals surface area contributed by atoms with Gasteiger partial charge in [0.2, 0.25) is 0 Å². The summed E-state index contributed by atoms with van der Waals surface area (Å²) in [5.41, 5.74) is 4.54. The van der Waals surface area contributed by atoms with E-state index in [1.54, 1.807) is 0 Å². The summed E-state index contributed by atoms with van der Waals surface area (Å²) in [6.45, 7) is 4.39. The van der Waals surface area contributed by atoms with E-state index >= 15 is 0 Å². The lowest BCUT2D eigenvalue weighted by atomic mass is 9.82. The quantitative estimate of drug-likeness (QED) is 0.886. The summed E-state index contributed by atoms with van der Waals surface area (Å²) >= 11 is 0. The molecule has 0 heterocycles. The Morgan fingerprint density at radius 2 is 1.65 bits per heavy atom. The van der Waals surface area contributed by atoms with Crippen molar-refractivity contribution in [3.63, 3.8) is 0 Å². The maximum Gasteiger partial charge on any atom is 0.0359 e. The van der Waals surface area contributed by atoms with Crippen molar-refractivity contribution < 1.29 is 0 Å². The van der Waals surface area contributed by atoms with Gasteiger partial charge in [0, 0.05) is 11.6 Å². The van der Waals surface area contributed by atoms with Gasteiger partial charge >= 0.3 is 0 Å². The molecule has 0 aliphatic heterocycles. The molecule has 1 aromatic carbocycles. The number of hydrogen-bond acceptors (Lipinski definition) is 2. The molecule has 1 atom stereocenters. The van der Waals surface area contributed by atoms with E-state index in [1.807, 2.05) is 0 Å². The van der Waals surface area contributed by atoms with Crippen molar-refractivity contribution in [3.8, 4) is 0 Å². The van der Waals surface area contributed by atoms with E-state index in [4.69, 9.17) is 0 Å². The van der Waals surface area contributed by atoms with Crippen LogP contribution in [0.5, 0.6) is 0 Å². The summed E-state index contributed by atoms with van der Waals surface area (Å²) < 4.78 is 0. The van der Waals surface area contributed by atoms with Gasteiger partial charge in [-0.1, -0.05) is 42.2 Å². The summed E-state index contributed by atoms with van der Waals surface area (Å²) in [5.74, 6) is 0. The fraction of sp³-hybridized carbons (Fsp3) is 0.667. The van der Waals surface area contributed by atoms with Gasteiger partial charge in [0.15, 0.2) is 0 Å². The zero-order valence-electron chi connectivity index (χ0n) is 13.8. The molecule has 0 spiro atoms. The van der Waals surface area contributed by atoms with Crippen molar-refractivity contribution in [2.45, 2.75) is 57.5 Å². The van der Waals surface area contributed by atoms with E-state index in [-0.39, 0.29) is 0 Å². The number of aryl methyl sites for hydroxylation is 2. The SMILES string of the molecule is CNC(Cc1cc(C)cc(C)c1)C1(N(C)C)CCCC1. The first kappa shape index (κ1) is 15.5. The molecular weight excluding hydrogens is 244 g/mol. The molecule has 20 heavy (non-hydrogen) atoms. The lowest BCUT2D eigenvalue weighted by molar-refractivity contribution is 0.108. The third kappa shape index (κ3) is 3.07. The van der Waals surface area contributed by atoms with E-state index in [9.17, 15) is 0 Å². The van der Waals surface area contributed by atoms with Crippen LogP contribution in [-0.2, 0) is 6.42 Å². The summed E-state index contributed by atoms with van der Waals surface area (Å²) in [7, 11) is 6.62. The number of nitrogens with one attached hydrogen (secondary N) is 1. The van der Waals surface area contributed by atoms with Gasteiger partial charge in [0.1, 0.15) is 0 Å². The minimum Gasteiger partial charge on any atom is -0.315 e. The molecule has 112 valence electrons. The molecule has 2 heteroatoms. The topological polar surface area (TPSA) is 15.3 Å². The van der Waals surface area contributed by atoms with Crippen LogP contribution in [0.15, 0.2) is 18.2 Å². The zero-order chi connectivity index (χ0) is 14.8. The van der Waals surface area contributed by atoms with Gasteiger partial charge in [-0.25, -0.2) is 0 Å². The Balaban J connectivity index is 2.23. The van der Waals surface area contributed by atoms with E-state index in [1.165, 1.54) is 42.4 Å². The van der Waals surface area contributed by atoms with Crippen LogP contribution in [0, 0.1) is 13.8 Å². The van der Waals surface area contributed by atoms with E-state index < -0.39 is 0 Å². The molecule has 0 radical (unpaired) electrons. The molecule has 2 nitrogen and oxygen atoms in total. The van der Waals surface area contributed by atoms with Gasteiger partial charge in [-0.2, -0.15) is 0 Å². The average Bonchev–Trinajstić information content (AvgIpc) is 2.85. The van der Waals surface area contributed by atoms with Crippen molar-refractivity contribution in [2.24, 2.45) is 0 Å². The van der Waals surface area contributed by atoms with Crippen LogP contribution in [0.25, 0.3) is 0 Å². The van der Waals surface area contributed by atoms with Crippen molar-refractivity contribution in [1.29, 1.82) is 0 Å². The molecule has 1 aliphatic rings. The average molecular weight is 274 g/mol. The Morgan fingerprint density at radius 3 is 2.10 bits per heavy atom. The maximum absolute atomic E-state index is 3.61. The predicted molar refractivity (Wildman–Crippen MR) is 87.4 cm³/mol. The highest BCUT2D eigenvalue weighted by Crippen LogP contribution is 2.37. The highest BCUT2D eigenvalue weighted by molar-refractivity contribution is 5.29. The number of hydrogen-bond donors (Lipinski definition) is 1. The van der Waals surface area contributed by atoms with Crippen LogP contribution in [0.2, 0.25) is 0 Å². The molecule has 0 amide bonds. The highest BCUT2D eigenvalue weighted by atomic mass is 15.2. The third-order valence-corrected chi connectivity index (χ3v) is 5.08. The molecule has 0 saturated heterocycles. The minimum atomic E-state index is 0.326. The van der Waals surface area contributed by atoms with E-state index in [0.717, 1.165) is 6.42 Å². The number of benzene rings is 1. The van der Waals surface area contributed by atoms with Crippen molar-refractivity contribution in [1.82, 2.24) is 10.2 Å². The highest BCUT2D eigenvalue weighted by Gasteiger charge is 2.42. The van der Waals surface area contributed by atoms with Crippen molar-refractivity contribution in [2.75, 3.05) is 21.1 Å². The molecule has 1 unspecified atom stereocenters.